The second-order valence-electron chi connectivity index (χ2n) is 5.39. The molecule has 3 rings (SSSR count). The summed E-state index contributed by atoms with van der Waals surface area (Å²) in [5.41, 5.74) is 4.97. The molecule has 0 saturated heterocycles. The molecule has 112 valence electrons. The number of methoxy groups -OCH3 is 1. The highest BCUT2D eigenvalue weighted by Crippen LogP contribution is 2.34. The van der Waals surface area contributed by atoms with Crippen LogP contribution >= 0.6 is 0 Å². The van der Waals surface area contributed by atoms with E-state index in [0.717, 1.165) is 45.3 Å². The fraction of sp³-hybridized carbons (Fsp3) is 0.211. The minimum atomic E-state index is 0.305. The fourth-order valence-corrected chi connectivity index (χ4v) is 2.71. The molecule has 3 nitrogen and oxygen atoms in total. The van der Waals surface area contributed by atoms with Crippen LogP contribution in [0.25, 0.3) is 22.0 Å². The molecule has 0 radical (unpaired) electrons. The number of benzene rings is 2. The summed E-state index contributed by atoms with van der Waals surface area (Å²) >= 11 is 0. The molecule has 22 heavy (non-hydrogen) atoms. The summed E-state index contributed by atoms with van der Waals surface area (Å²) in [5, 5.41) is 11.0. The third-order valence-electron chi connectivity index (χ3n) is 4.04. The number of phenols is 1. The number of hydrogen-bond acceptors (Lipinski definition) is 3. The van der Waals surface area contributed by atoms with E-state index in [2.05, 4.69) is 18.0 Å². The van der Waals surface area contributed by atoms with E-state index >= 15 is 0 Å². The molecule has 0 bridgehead atoms. The first-order chi connectivity index (χ1) is 10.6. The van der Waals surface area contributed by atoms with E-state index < -0.39 is 0 Å². The molecule has 0 amide bonds. The predicted molar refractivity (Wildman–Crippen MR) is 89.5 cm³/mol. The smallest absolute Gasteiger partial charge is 0.122 e. The largest absolute Gasteiger partial charge is 0.508 e. The Hall–Kier alpha value is -2.55. The summed E-state index contributed by atoms with van der Waals surface area (Å²) in [7, 11) is 1.69. The van der Waals surface area contributed by atoms with Crippen molar-refractivity contribution in [1.82, 2.24) is 4.98 Å². The number of aromatic hydroxyl groups is 1. The first-order valence-corrected chi connectivity index (χ1v) is 7.39. The molecule has 0 unspecified atom stereocenters. The van der Waals surface area contributed by atoms with Crippen molar-refractivity contribution in [1.29, 1.82) is 0 Å². The van der Waals surface area contributed by atoms with Gasteiger partial charge in [0.2, 0.25) is 0 Å². The Labute approximate surface area is 130 Å². The Bertz CT molecular complexity index is 840. The van der Waals surface area contributed by atoms with Gasteiger partial charge >= 0.3 is 0 Å². The number of phenolic OH excluding ortho intramolecular Hbond substituents is 1. The van der Waals surface area contributed by atoms with Crippen LogP contribution in [0, 0.1) is 6.92 Å². The van der Waals surface area contributed by atoms with E-state index in [1.165, 1.54) is 0 Å². The molecule has 1 aromatic heterocycles. The van der Waals surface area contributed by atoms with E-state index in [0.29, 0.717) is 5.75 Å². The van der Waals surface area contributed by atoms with E-state index in [1.54, 1.807) is 19.4 Å². The summed E-state index contributed by atoms with van der Waals surface area (Å²) < 4.78 is 5.50. The molecule has 0 aliphatic rings. The van der Waals surface area contributed by atoms with Crippen molar-refractivity contribution in [2.24, 2.45) is 0 Å². The lowest BCUT2D eigenvalue weighted by molar-refractivity contribution is 0.411. The van der Waals surface area contributed by atoms with Crippen LogP contribution in [-0.2, 0) is 6.42 Å². The highest BCUT2D eigenvalue weighted by atomic mass is 16.5. The predicted octanol–water partition coefficient (Wildman–Crippen LogP) is 4.49. The summed E-state index contributed by atoms with van der Waals surface area (Å²) in [6.07, 6.45) is 2.71. The lowest BCUT2D eigenvalue weighted by Gasteiger charge is -2.12. The topological polar surface area (TPSA) is 42.4 Å². The molecule has 0 atom stereocenters. The van der Waals surface area contributed by atoms with Gasteiger partial charge in [-0.25, -0.2) is 0 Å². The minimum Gasteiger partial charge on any atom is -0.508 e. The van der Waals surface area contributed by atoms with Gasteiger partial charge in [0.05, 0.1) is 12.6 Å². The molecular weight excluding hydrogens is 274 g/mol. The lowest BCUT2D eigenvalue weighted by atomic mass is 9.98. The Morgan fingerprint density at radius 2 is 1.95 bits per heavy atom. The number of fused-ring (bicyclic) bond motifs is 1. The normalized spacial score (nSPS) is 10.9. The van der Waals surface area contributed by atoms with Crippen LogP contribution in [0.1, 0.15) is 18.1 Å². The molecule has 3 heteroatoms. The van der Waals surface area contributed by atoms with Gasteiger partial charge in [0.1, 0.15) is 11.5 Å². The first kappa shape index (κ1) is 14.4. The van der Waals surface area contributed by atoms with Crippen molar-refractivity contribution < 1.29 is 9.84 Å². The minimum absolute atomic E-state index is 0.305. The maximum atomic E-state index is 9.98. The number of aryl methyl sites for hydroxylation is 2. The van der Waals surface area contributed by atoms with Gasteiger partial charge in [-0.3, -0.25) is 4.98 Å². The molecule has 1 heterocycles. The number of aromatic nitrogens is 1. The number of pyridine rings is 1. The SMILES string of the molecule is CCc1cc2nccc(-c3ccc(C)c(O)c3)c2cc1OC. The zero-order valence-electron chi connectivity index (χ0n) is 13.1. The Balaban J connectivity index is 2.27. The van der Waals surface area contributed by atoms with Gasteiger partial charge in [0.25, 0.3) is 0 Å². The van der Waals surface area contributed by atoms with Gasteiger partial charge < -0.3 is 9.84 Å². The van der Waals surface area contributed by atoms with Crippen LogP contribution in [0.5, 0.6) is 11.5 Å². The number of hydrogen-bond donors (Lipinski definition) is 1. The van der Waals surface area contributed by atoms with Crippen LogP contribution in [0.4, 0.5) is 0 Å². The lowest BCUT2D eigenvalue weighted by Crippen LogP contribution is -1.93. The average Bonchev–Trinajstić information content (AvgIpc) is 2.55. The molecule has 0 saturated carbocycles. The maximum Gasteiger partial charge on any atom is 0.122 e. The van der Waals surface area contributed by atoms with Crippen LogP contribution in [0.2, 0.25) is 0 Å². The van der Waals surface area contributed by atoms with Crippen molar-refractivity contribution in [3.8, 4) is 22.6 Å². The summed E-state index contributed by atoms with van der Waals surface area (Å²) in [5.74, 6) is 1.18. The standard InChI is InChI=1S/C19H19NO2/c1-4-13-9-17-16(11-19(13)22-3)15(7-8-20-17)14-6-5-12(2)18(21)10-14/h5-11,21H,4H2,1-3H3. The molecule has 0 fully saturated rings. The summed E-state index contributed by atoms with van der Waals surface area (Å²) in [4.78, 5) is 4.47. The second kappa shape index (κ2) is 5.68. The van der Waals surface area contributed by atoms with Gasteiger partial charge in [-0.05, 0) is 59.9 Å². The van der Waals surface area contributed by atoms with Gasteiger partial charge in [-0.2, -0.15) is 0 Å². The van der Waals surface area contributed by atoms with Gasteiger partial charge in [-0.1, -0.05) is 19.1 Å². The molecule has 0 spiro atoms. The van der Waals surface area contributed by atoms with Gasteiger partial charge in [-0.15, -0.1) is 0 Å². The Kier molecular flexibility index (Phi) is 3.72. The molecular formula is C19H19NO2. The number of nitrogens with zero attached hydrogens (tertiary/aromatic N) is 1. The third kappa shape index (κ3) is 2.39. The molecule has 0 aliphatic heterocycles. The van der Waals surface area contributed by atoms with Crippen LogP contribution in [0.3, 0.4) is 0 Å². The number of ether oxygens (including phenoxy) is 1. The van der Waals surface area contributed by atoms with Crippen molar-refractivity contribution in [3.05, 3.63) is 53.7 Å². The summed E-state index contributed by atoms with van der Waals surface area (Å²) in [6, 6.07) is 11.8. The van der Waals surface area contributed by atoms with Crippen LogP contribution < -0.4 is 4.74 Å². The van der Waals surface area contributed by atoms with Crippen molar-refractivity contribution in [2.75, 3.05) is 7.11 Å². The van der Waals surface area contributed by atoms with Crippen molar-refractivity contribution >= 4 is 10.9 Å². The summed E-state index contributed by atoms with van der Waals surface area (Å²) in [6.45, 7) is 3.99. The zero-order chi connectivity index (χ0) is 15.7. The highest BCUT2D eigenvalue weighted by Gasteiger charge is 2.10. The van der Waals surface area contributed by atoms with E-state index in [4.69, 9.17) is 4.74 Å². The third-order valence-corrected chi connectivity index (χ3v) is 4.04. The Morgan fingerprint density at radius 3 is 2.64 bits per heavy atom. The van der Waals surface area contributed by atoms with Gasteiger partial charge in [0.15, 0.2) is 0 Å². The maximum absolute atomic E-state index is 9.98. The molecule has 2 aromatic carbocycles. The average molecular weight is 293 g/mol. The quantitative estimate of drug-likeness (QED) is 0.773. The molecule has 0 aliphatic carbocycles. The van der Waals surface area contributed by atoms with E-state index in [1.807, 2.05) is 31.2 Å². The Morgan fingerprint density at radius 1 is 1.14 bits per heavy atom. The zero-order valence-corrected chi connectivity index (χ0v) is 13.1. The van der Waals surface area contributed by atoms with Crippen molar-refractivity contribution in [3.63, 3.8) is 0 Å². The monoisotopic (exact) mass is 293 g/mol. The second-order valence-corrected chi connectivity index (χ2v) is 5.39. The van der Waals surface area contributed by atoms with Gasteiger partial charge in [0, 0.05) is 11.6 Å². The molecule has 1 N–H and O–H groups in total. The van der Waals surface area contributed by atoms with E-state index in [9.17, 15) is 5.11 Å². The van der Waals surface area contributed by atoms with Crippen LogP contribution in [-0.4, -0.2) is 17.2 Å². The fourth-order valence-electron chi connectivity index (χ4n) is 2.71. The number of rotatable bonds is 3. The van der Waals surface area contributed by atoms with E-state index in [-0.39, 0.29) is 0 Å². The highest BCUT2D eigenvalue weighted by molar-refractivity contribution is 5.96. The molecule has 3 aromatic rings. The van der Waals surface area contributed by atoms with Crippen LogP contribution in [0.15, 0.2) is 42.6 Å². The first-order valence-electron chi connectivity index (χ1n) is 7.39. The van der Waals surface area contributed by atoms with Crippen molar-refractivity contribution in [2.45, 2.75) is 20.3 Å².